The molecule has 3 rings (SSSR count). The first-order valence-electron chi connectivity index (χ1n) is 12.1. The monoisotopic (exact) mass is 441 g/mol. The van der Waals surface area contributed by atoms with E-state index in [1.54, 1.807) is 12.1 Å². The summed E-state index contributed by atoms with van der Waals surface area (Å²) in [4.78, 5) is 7.30. The fourth-order valence-corrected chi connectivity index (χ4v) is 4.34. The molecular formula is C26H39N3O3. The van der Waals surface area contributed by atoms with Crippen LogP contribution in [0.25, 0.3) is 0 Å². The summed E-state index contributed by atoms with van der Waals surface area (Å²) in [6, 6.07) is 7.20. The summed E-state index contributed by atoms with van der Waals surface area (Å²) in [7, 11) is 0. The molecule has 6 nitrogen and oxygen atoms in total. The minimum Gasteiger partial charge on any atom is -0.508 e. The van der Waals surface area contributed by atoms with Crippen molar-refractivity contribution in [3.63, 3.8) is 0 Å². The zero-order valence-corrected chi connectivity index (χ0v) is 19.7. The number of nitrogens with zero attached hydrogens (tertiary/aromatic N) is 2. The van der Waals surface area contributed by atoms with E-state index >= 15 is 0 Å². The van der Waals surface area contributed by atoms with E-state index in [0.29, 0.717) is 13.0 Å². The second kappa shape index (κ2) is 12.8. The maximum Gasteiger partial charge on any atom is 0.145 e. The van der Waals surface area contributed by atoms with Gasteiger partial charge in [0.15, 0.2) is 0 Å². The molecule has 1 fully saturated rings. The minimum absolute atomic E-state index is 0.0544. The largest absolute Gasteiger partial charge is 0.508 e. The number of aromatic nitrogens is 1. The third kappa shape index (κ3) is 6.92. The van der Waals surface area contributed by atoms with Crippen LogP contribution in [0.3, 0.4) is 0 Å². The van der Waals surface area contributed by atoms with E-state index in [1.807, 2.05) is 19.1 Å². The topological polar surface area (TPSA) is 77.8 Å². The maximum absolute atomic E-state index is 10.3. The molecule has 0 atom stereocenters. The first kappa shape index (κ1) is 24.5. The van der Waals surface area contributed by atoms with Gasteiger partial charge < -0.3 is 20.3 Å². The van der Waals surface area contributed by atoms with Crippen LogP contribution in [0.1, 0.15) is 67.1 Å². The number of benzene rings is 1. The Bertz CT molecular complexity index is 833. The average Bonchev–Trinajstić information content (AvgIpc) is 3.30. The highest BCUT2D eigenvalue weighted by atomic mass is 16.5. The summed E-state index contributed by atoms with van der Waals surface area (Å²) in [6.07, 6.45) is 6.29. The number of phenolic OH excluding ortho intramolecular Hbond substituents is 1. The number of unbranched alkanes of at least 4 members (excludes halogenated alkanes) is 1. The Balaban J connectivity index is 1.79. The number of aliphatic hydroxyl groups excluding tert-OH is 1. The van der Waals surface area contributed by atoms with Crippen LogP contribution in [0, 0.1) is 6.92 Å². The van der Waals surface area contributed by atoms with Gasteiger partial charge in [0.25, 0.3) is 0 Å². The molecule has 0 aliphatic carbocycles. The van der Waals surface area contributed by atoms with Crippen molar-refractivity contribution in [2.45, 2.75) is 65.5 Å². The third-order valence-corrected chi connectivity index (χ3v) is 6.09. The van der Waals surface area contributed by atoms with Gasteiger partial charge in [0.05, 0.1) is 24.6 Å². The summed E-state index contributed by atoms with van der Waals surface area (Å²) in [6.45, 7) is 9.83. The Kier molecular flexibility index (Phi) is 9.78. The van der Waals surface area contributed by atoms with E-state index in [9.17, 15) is 10.2 Å². The Hall–Kier alpha value is -2.15. The molecule has 0 amide bonds. The lowest BCUT2D eigenvalue weighted by Crippen LogP contribution is -2.22. The zero-order valence-electron chi connectivity index (χ0n) is 19.7. The van der Waals surface area contributed by atoms with Crippen molar-refractivity contribution >= 4 is 0 Å². The van der Waals surface area contributed by atoms with E-state index in [0.717, 1.165) is 85.8 Å². The number of hydrogen-bond donors (Lipinski definition) is 3. The smallest absolute Gasteiger partial charge is 0.145 e. The highest BCUT2D eigenvalue weighted by Gasteiger charge is 2.22. The maximum atomic E-state index is 10.3. The second-order valence-electron chi connectivity index (χ2n) is 8.72. The summed E-state index contributed by atoms with van der Waals surface area (Å²) >= 11 is 0. The molecule has 0 radical (unpaired) electrons. The molecule has 0 bridgehead atoms. The number of likely N-dealkylation sites (tertiary alicyclic amines) is 1. The summed E-state index contributed by atoms with van der Waals surface area (Å²) in [5.41, 5.74) is 4.80. The number of aryl methyl sites for hydroxylation is 1. The van der Waals surface area contributed by atoms with E-state index in [2.05, 4.69) is 17.1 Å². The lowest BCUT2D eigenvalue weighted by Gasteiger charge is -2.23. The lowest BCUT2D eigenvalue weighted by molar-refractivity contribution is 0.261. The molecule has 2 aromatic rings. The van der Waals surface area contributed by atoms with Crippen LogP contribution < -0.4 is 10.1 Å². The Labute approximate surface area is 192 Å². The third-order valence-electron chi connectivity index (χ3n) is 6.09. The van der Waals surface area contributed by atoms with Gasteiger partial charge in [0.1, 0.15) is 11.5 Å². The van der Waals surface area contributed by atoms with Crippen LogP contribution in [-0.2, 0) is 19.6 Å². The van der Waals surface area contributed by atoms with Gasteiger partial charge in [0, 0.05) is 24.1 Å². The fourth-order valence-electron chi connectivity index (χ4n) is 4.34. The van der Waals surface area contributed by atoms with Crippen molar-refractivity contribution in [3.05, 3.63) is 52.3 Å². The standard InChI is InChI=1S/C26H39N3O3/c1-3-12-27-13-4-7-16-32-26-20(2)28-25(17-21-8-10-22(31)11-9-21)24(19-30)23(26)18-29-14-5-6-15-29/h8-11,27,30-31H,3-7,12-19H2,1-2H3. The summed E-state index contributed by atoms with van der Waals surface area (Å²) in [5, 5.41) is 23.4. The molecule has 1 aliphatic heterocycles. The number of hydrogen-bond acceptors (Lipinski definition) is 6. The van der Waals surface area contributed by atoms with Crippen LogP contribution in [0.5, 0.6) is 11.5 Å². The van der Waals surface area contributed by atoms with Crippen molar-refractivity contribution in [1.29, 1.82) is 0 Å². The van der Waals surface area contributed by atoms with Crippen LogP contribution in [0.15, 0.2) is 24.3 Å². The molecule has 1 saturated heterocycles. The molecule has 6 heteroatoms. The molecule has 2 heterocycles. The van der Waals surface area contributed by atoms with Crippen LogP contribution >= 0.6 is 0 Å². The summed E-state index contributed by atoms with van der Waals surface area (Å²) in [5.74, 6) is 1.10. The quantitative estimate of drug-likeness (QED) is 0.409. The second-order valence-corrected chi connectivity index (χ2v) is 8.72. The molecule has 32 heavy (non-hydrogen) atoms. The normalized spacial score (nSPS) is 14.2. The molecule has 0 saturated carbocycles. The zero-order chi connectivity index (χ0) is 22.8. The molecule has 1 aromatic heterocycles. The highest BCUT2D eigenvalue weighted by molar-refractivity contribution is 5.46. The molecule has 1 aliphatic rings. The predicted octanol–water partition coefficient (Wildman–Crippen LogP) is 3.93. The van der Waals surface area contributed by atoms with Crippen molar-refractivity contribution in [1.82, 2.24) is 15.2 Å². The van der Waals surface area contributed by atoms with E-state index in [1.165, 1.54) is 12.8 Å². The molecule has 1 aromatic carbocycles. The van der Waals surface area contributed by atoms with Crippen molar-refractivity contribution < 1.29 is 14.9 Å². The van der Waals surface area contributed by atoms with Gasteiger partial charge in [-0.25, -0.2) is 0 Å². The van der Waals surface area contributed by atoms with Crippen LogP contribution in [-0.4, -0.2) is 52.9 Å². The van der Waals surface area contributed by atoms with Gasteiger partial charge >= 0.3 is 0 Å². The van der Waals surface area contributed by atoms with Crippen molar-refractivity contribution in [2.24, 2.45) is 0 Å². The Morgan fingerprint density at radius 1 is 1.06 bits per heavy atom. The Morgan fingerprint density at radius 3 is 2.50 bits per heavy atom. The number of aromatic hydroxyl groups is 1. The van der Waals surface area contributed by atoms with E-state index in [4.69, 9.17) is 9.72 Å². The van der Waals surface area contributed by atoms with Crippen LogP contribution in [0.2, 0.25) is 0 Å². The molecule has 176 valence electrons. The van der Waals surface area contributed by atoms with Gasteiger partial charge in [-0.05, 0) is 82.9 Å². The number of rotatable bonds is 13. The molecule has 0 spiro atoms. The number of phenols is 1. The number of nitrogens with one attached hydrogen (secondary N) is 1. The van der Waals surface area contributed by atoms with Gasteiger partial charge in [-0.1, -0.05) is 19.1 Å². The van der Waals surface area contributed by atoms with Gasteiger partial charge in [-0.2, -0.15) is 0 Å². The average molecular weight is 442 g/mol. The molecular weight excluding hydrogens is 402 g/mol. The number of ether oxygens (including phenoxy) is 1. The van der Waals surface area contributed by atoms with Crippen molar-refractivity contribution in [2.75, 3.05) is 32.8 Å². The Morgan fingerprint density at radius 2 is 1.81 bits per heavy atom. The van der Waals surface area contributed by atoms with E-state index < -0.39 is 0 Å². The summed E-state index contributed by atoms with van der Waals surface area (Å²) < 4.78 is 6.29. The molecule has 3 N–H and O–H groups in total. The first-order valence-corrected chi connectivity index (χ1v) is 12.1. The van der Waals surface area contributed by atoms with E-state index in [-0.39, 0.29) is 12.4 Å². The predicted molar refractivity (Wildman–Crippen MR) is 128 cm³/mol. The SMILES string of the molecule is CCCNCCCCOc1c(C)nc(Cc2ccc(O)cc2)c(CO)c1CN1CCCC1. The van der Waals surface area contributed by atoms with Crippen molar-refractivity contribution in [3.8, 4) is 11.5 Å². The molecule has 0 unspecified atom stereocenters. The highest BCUT2D eigenvalue weighted by Crippen LogP contribution is 2.32. The number of pyridine rings is 1. The van der Waals surface area contributed by atoms with Gasteiger partial charge in [-0.3, -0.25) is 9.88 Å². The van der Waals surface area contributed by atoms with Crippen LogP contribution in [0.4, 0.5) is 0 Å². The lowest BCUT2D eigenvalue weighted by atomic mass is 9.98. The number of aliphatic hydroxyl groups is 1. The fraction of sp³-hybridized carbons (Fsp3) is 0.577. The first-order chi connectivity index (χ1) is 15.6. The van der Waals surface area contributed by atoms with Gasteiger partial charge in [0.2, 0.25) is 0 Å². The minimum atomic E-state index is -0.0544. The van der Waals surface area contributed by atoms with Gasteiger partial charge in [-0.15, -0.1) is 0 Å².